The first-order valence-corrected chi connectivity index (χ1v) is 11.0. The van der Waals surface area contributed by atoms with E-state index in [4.69, 9.17) is 9.47 Å². The molecule has 166 valence electrons. The summed E-state index contributed by atoms with van der Waals surface area (Å²) in [6, 6.07) is 14.3. The molecular weight excluding hydrogens is 388 g/mol. The number of hydrogen-bond donors (Lipinski definition) is 0. The third kappa shape index (κ3) is 5.96. The fourth-order valence-electron chi connectivity index (χ4n) is 3.74. The van der Waals surface area contributed by atoms with Crippen molar-refractivity contribution in [2.45, 2.75) is 60.3 Å². The lowest BCUT2D eigenvalue weighted by Crippen LogP contribution is -2.26. The smallest absolute Gasteiger partial charge is 0.314 e. The second-order valence-corrected chi connectivity index (χ2v) is 10.9. The van der Waals surface area contributed by atoms with Crippen LogP contribution in [0.15, 0.2) is 42.5 Å². The van der Waals surface area contributed by atoms with Crippen LogP contribution in [0.3, 0.4) is 0 Å². The average Bonchev–Trinajstić information content (AvgIpc) is 3.06. The van der Waals surface area contributed by atoms with Gasteiger partial charge in [-0.3, -0.25) is 9.59 Å². The molecule has 4 nitrogen and oxygen atoms in total. The van der Waals surface area contributed by atoms with Crippen LogP contribution >= 0.6 is 0 Å². The van der Waals surface area contributed by atoms with Crippen molar-refractivity contribution >= 4 is 11.9 Å². The van der Waals surface area contributed by atoms with Crippen LogP contribution in [0.4, 0.5) is 0 Å². The SMILES string of the molecule is CC(C)(C)COC(=O)CC(C(=O)OCC(C)(C)C)c1cccc2c1Cc1ccccc1-2. The summed E-state index contributed by atoms with van der Waals surface area (Å²) in [5, 5.41) is 0. The number of hydrogen-bond acceptors (Lipinski definition) is 4. The van der Waals surface area contributed by atoms with Crippen molar-refractivity contribution in [2.24, 2.45) is 10.8 Å². The lowest BCUT2D eigenvalue weighted by molar-refractivity contribution is -0.155. The highest BCUT2D eigenvalue weighted by Gasteiger charge is 2.32. The van der Waals surface area contributed by atoms with Crippen molar-refractivity contribution in [3.05, 3.63) is 59.2 Å². The molecule has 1 unspecified atom stereocenters. The first-order chi connectivity index (χ1) is 14.4. The quantitative estimate of drug-likeness (QED) is 0.463. The van der Waals surface area contributed by atoms with E-state index in [1.807, 2.05) is 65.8 Å². The third-order valence-corrected chi connectivity index (χ3v) is 5.23. The molecule has 0 bridgehead atoms. The number of benzene rings is 2. The Labute approximate surface area is 186 Å². The molecule has 1 atom stereocenters. The monoisotopic (exact) mass is 422 g/mol. The van der Waals surface area contributed by atoms with Gasteiger partial charge in [0.1, 0.15) is 0 Å². The number of fused-ring (bicyclic) bond motifs is 3. The van der Waals surface area contributed by atoms with Gasteiger partial charge in [-0.25, -0.2) is 0 Å². The first-order valence-electron chi connectivity index (χ1n) is 11.0. The summed E-state index contributed by atoms with van der Waals surface area (Å²) in [7, 11) is 0. The number of rotatable bonds is 6. The van der Waals surface area contributed by atoms with Gasteiger partial charge in [0, 0.05) is 0 Å². The van der Waals surface area contributed by atoms with Gasteiger partial charge < -0.3 is 9.47 Å². The van der Waals surface area contributed by atoms with Gasteiger partial charge in [-0.1, -0.05) is 84.0 Å². The Bertz CT molecular complexity index is 960. The third-order valence-electron chi connectivity index (χ3n) is 5.23. The van der Waals surface area contributed by atoms with E-state index in [2.05, 4.69) is 18.2 Å². The van der Waals surface area contributed by atoms with Crippen LogP contribution in [-0.2, 0) is 25.5 Å². The van der Waals surface area contributed by atoms with Crippen LogP contribution in [0.2, 0.25) is 0 Å². The van der Waals surface area contributed by atoms with Crippen LogP contribution in [-0.4, -0.2) is 25.2 Å². The van der Waals surface area contributed by atoms with Gasteiger partial charge in [-0.2, -0.15) is 0 Å². The molecule has 0 radical (unpaired) electrons. The van der Waals surface area contributed by atoms with Crippen molar-refractivity contribution in [3.63, 3.8) is 0 Å². The molecule has 2 aromatic carbocycles. The van der Waals surface area contributed by atoms with E-state index in [-0.39, 0.29) is 29.2 Å². The molecule has 1 aliphatic carbocycles. The Morgan fingerprint density at radius 3 is 2.13 bits per heavy atom. The highest BCUT2D eigenvalue weighted by molar-refractivity contribution is 5.87. The van der Waals surface area contributed by atoms with Crippen molar-refractivity contribution in [2.75, 3.05) is 13.2 Å². The molecule has 0 saturated carbocycles. The second-order valence-electron chi connectivity index (χ2n) is 10.9. The van der Waals surface area contributed by atoms with E-state index >= 15 is 0 Å². The molecule has 1 aliphatic rings. The summed E-state index contributed by atoms with van der Waals surface area (Å²) in [5.74, 6) is -1.42. The maximum absolute atomic E-state index is 13.2. The van der Waals surface area contributed by atoms with Gasteiger partial charge in [0.2, 0.25) is 0 Å². The largest absolute Gasteiger partial charge is 0.465 e. The van der Waals surface area contributed by atoms with Crippen LogP contribution < -0.4 is 0 Å². The van der Waals surface area contributed by atoms with E-state index in [1.165, 1.54) is 11.1 Å². The predicted octanol–water partition coefficient (Wildman–Crippen LogP) is 5.91. The molecular formula is C27H34O4. The highest BCUT2D eigenvalue weighted by atomic mass is 16.5. The minimum absolute atomic E-state index is 0.0220. The molecule has 3 rings (SSSR count). The molecule has 0 amide bonds. The molecule has 0 saturated heterocycles. The Hall–Kier alpha value is -2.62. The minimum Gasteiger partial charge on any atom is -0.465 e. The molecule has 0 aliphatic heterocycles. The summed E-state index contributed by atoms with van der Waals surface area (Å²) < 4.78 is 11.1. The zero-order valence-electron chi connectivity index (χ0n) is 19.6. The maximum atomic E-state index is 13.2. The molecule has 31 heavy (non-hydrogen) atoms. The normalized spacial score (nSPS) is 13.9. The number of carbonyl (C=O) groups excluding carboxylic acids is 2. The lowest BCUT2D eigenvalue weighted by atomic mass is 9.89. The average molecular weight is 423 g/mol. The lowest BCUT2D eigenvalue weighted by Gasteiger charge is -2.23. The summed E-state index contributed by atoms with van der Waals surface area (Å²) in [6.07, 6.45) is 0.730. The molecule has 0 spiro atoms. The topological polar surface area (TPSA) is 52.6 Å². The Kier molecular flexibility index (Phi) is 6.59. The van der Waals surface area contributed by atoms with Crippen LogP contribution in [0.1, 0.15) is 70.6 Å². The van der Waals surface area contributed by atoms with Gasteiger partial charge in [0.25, 0.3) is 0 Å². The second kappa shape index (κ2) is 8.86. The van der Waals surface area contributed by atoms with E-state index < -0.39 is 5.92 Å². The Morgan fingerprint density at radius 1 is 0.839 bits per heavy atom. The van der Waals surface area contributed by atoms with Gasteiger partial charge >= 0.3 is 11.9 Å². The predicted molar refractivity (Wildman–Crippen MR) is 123 cm³/mol. The highest BCUT2D eigenvalue weighted by Crippen LogP contribution is 2.41. The van der Waals surface area contributed by atoms with E-state index in [9.17, 15) is 9.59 Å². The Morgan fingerprint density at radius 2 is 1.45 bits per heavy atom. The van der Waals surface area contributed by atoms with E-state index in [0.29, 0.717) is 13.2 Å². The molecule has 2 aromatic rings. The zero-order valence-corrected chi connectivity index (χ0v) is 19.6. The molecule has 0 heterocycles. The van der Waals surface area contributed by atoms with Gasteiger partial charge in [-0.15, -0.1) is 0 Å². The summed E-state index contributed by atoms with van der Waals surface area (Å²) >= 11 is 0. The number of ether oxygens (including phenoxy) is 2. The molecule has 0 fully saturated rings. The zero-order chi connectivity index (χ0) is 22.8. The van der Waals surface area contributed by atoms with Crippen molar-refractivity contribution < 1.29 is 19.1 Å². The van der Waals surface area contributed by atoms with E-state index in [0.717, 1.165) is 23.1 Å². The first kappa shape index (κ1) is 23.1. The number of carbonyl (C=O) groups is 2. The summed E-state index contributed by atoms with van der Waals surface area (Å²) in [5.41, 5.74) is 5.24. The van der Waals surface area contributed by atoms with Gasteiger partial charge in [0.15, 0.2) is 0 Å². The van der Waals surface area contributed by atoms with Crippen LogP contribution in [0.5, 0.6) is 0 Å². The van der Waals surface area contributed by atoms with Crippen molar-refractivity contribution in [1.82, 2.24) is 0 Å². The molecule has 0 aromatic heterocycles. The number of esters is 2. The molecule has 0 N–H and O–H groups in total. The van der Waals surface area contributed by atoms with E-state index in [1.54, 1.807) is 0 Å². The van der Waals surface area contributed by atoms with Crippen LogP contribution in [0, 0.1) is 10.8 Å². The van der Waals surface area contributed by atoms with Gasteiger partial charge in [0.05, 0.1) is 25.6 Å². The Balaban J connectivity index is 1.90. The fourth-order valence-corrected chi connectivity index (χ4v) is 3.74. The standard InChI is InChI=1S/C27H34O4/c1-26(2,3)16-30-24(28)15-23(25(29)31-17-27(4,5)6)21-13-9-12-20-19-11-8-7-10-18(19)14-22(20)21/h7-13,23H,14-17H2,1-6H3. The van der Waals surface area contributed by atoms with Crippen LogP contribution in [0.25, 0.3) is 11.1 Å². The summed E-state index contributed by atoms with van der Waals surface area (Å²) in [6.45, 7) is 12.7. The minimum atomic E-state index is -0.681. The summed E-state index contributed by atoms with van der Waals surface area (Å²) in [4.78, 5) is 25.8. The fraction of sp³-hybridized carbons (Fsp3) is 0.481. The maximum Gasteiger partial charge on any atom is 0.314 e. The molecule has 4 heteroatoms. The van der Waals surface area contributed by atoms with Crippen molar-refractivity contribution in [3.8, 4) is 11.1 Å². The van der Waals surface area contributed by atoms with Crippen molar-refractivity contribution in [1.29, 1.82) is 0 Å². The van der Waals surface area contributed by atoms with Gasteiger partial charge in [-0.05, 0) is 45.1 Å².